The lowest BCUT2D eigenvalue weighted by Crippen LogP contribution is -2.52. The van der Waals surface area contributed by atoms with Crippen molar-refractivity contribution in [2.75, 3.05) is 24.5 Å². The summed E-state index contributed by atoms with van der Waals surface area (Å²) in [7, 11) is 0. The molecule has 2 saturated heterocycles. The van der Waals surface area contributed by atoms with Crippen LogP contribution in [0.25, 0.3) is 0 Å². The van der Waals surface area contributed by atoms with Crippen molar-refractivity contribution >= 4 is 23.4 Å². The van der Waals surface area contributed by atoms with E-state index in [4.69, 9.17) is 19.7 Å². The minimum Gasteiger partial charge on any atom is -0.508 e. The largest absolute Gasteiger partial charge is 0.508 e. The number of hydrogen-bond donors (Lipinski definition) is 4. The van der Waals surface area contributed by atoms with Crippen molar-refractivity contribution in [1.29, 1.82) is 0 Å². The first-order valence-corrected chi connectivity index (χ1v) is 30.8. The van der Waals surface area contributed by atoms with Gasteiger partial charge in [0.25, 0.3) is 5.91 Å². The molecule has 448 valence electrons. The van der Waals surface area contributed by atoms with Gasteiger partial charge < -0.3 is 34.6 Å². The van der Waals surface area contributed by atoms with Crippen LogP contribution in [0.3, 0.4) is 0 Å². The zero-order chi connectivity index (χ0) is 60.5. The van der Waals surface area contributed by atoms with Crippen LogP contribution in [0.5, 0.6) is 23.0 Å². The predicted octanol–water partition coefficient (Wildman–Crippen LogP) is 10.9. The van der Waals surface area contributed by atoms with E-state index in [0.717, 1.165) is 65.1 Å². The fraction of sp³-hybridized carbons (Fsp3) is 0.274. The summed E-state index contributed by atoms with van der Waals surface area (Å²) in [4.78, 5) is 45.2. The van der Waals surface area contributed by atoms with Crippen LogP contribution >= 0.6 is 0 Å². The SMILES string of the molecule is O=C1CC[C@@H](N2Cc3cc(N4CCN(Cc5ccc(COc6ccc([C@@H]7c8ccc(O)cc8CC[C@@H]7c7ccccc7)cc6)nn5)C(c5cccc([C@H]6CCc7cc(O)ccc7[C@H]6c6ccc(OCc7ccc(CO)nn7)cc6)c5)C4)ccc3C2=O)C(=O)N1. The second-order valence-corrected chi connectivity index (χ2v) is 24.2. The van der Waals surface area contributed by atoms with E-state index < -0.39 is 11.9 Å². The molecule has 3 aliphatic heterocycles. The highest BCUT2D eigenvalue weighted by Gasteiger charge is 2.41. The first-order chi connectivity index (χ1) is 43.5. The molecule has 2 aromatic heterocycles. The molecule has 5 heterocycles. The topological polar surface area (TPSA) is 204 Å². The quantitative estimate of drug-likeness (QED) is 0.0665. The average molecular weight is 1190 g/mol. The molecule has 89 heavy (non-hydrogen) atoms. The van der Waals surface area contributed by atoms with Crippen LogP contribution in [0.4, 0.5) is 5.69 Å². The highest BCUT2D eigenvalue weighted by molar-refractivity contribution is 6.05. The third-order valence-electron chi connectivity index (χ3n) is 18.8. The van der Waals surface area contributed by atoms with Crippen molar-refractivity contribution in [3.05, 3.63) is 266 Å². The van der Waals surface area contributed by atoms with Gasteiger partial charge in [-0.2, -0.15) is 20.4 Å². The van der Waals surface area contributed by atoms with Gasteiger partial charge in [0.2, 0.25) is 11.8 Å². The number of phenols is 2. The number of rotatable bonds is 16. The number of aliphatic hydroxyl groups excluding tert-OH is 1. The van der Waals surface area contributed by atoms with E-state index >= 15 is 0 Å². The van der Waals surface area contributed by atoms with Crippen LogP contribution in [0.15, 0.2) is 182 Å². The summed E-state index contributed by atoms with van der Waals surface area (Å²) < 4.78 is 12.5. The summed E-state index contributed by atoms with van der Waals surface area (Å²) >= 11 is 0. The van der Waals surface area contributed by atoms with E-state index in [0.29, 0.717) is 79.2 Å². The number of anilines is 1. The van der Waals surface area contributed by atoms with Crippen molar-refractivity contribution in [1.82, 2.24) is 35.5 Å². The molecule has 14 rings (SSSR count). The molecule has 0 bridgehead atoms. The van der Waals surface area contributed by atoms with Crippen LogP contribution in [0, 0.1) is 0 Å². The molecule has 6 atom stereocenters. The van der Waals surface area contributed by atoms with Crippen LogP contribution < -0.4 is 19.7 Å². The van der Waals surface area contributed by atoms with E-state index in [-0.39, 0.29) is 67.6 Å². The number of nitrogens with zero attached hydrogens (tertiary/aromatic N) is 7. The normalized spacial score (nSPS) is 20.8. The Morgan fingerprint density at radius 3 is 1.70 bits per heavy atom. The van der Waals surface area contributed by atoms with Gasteiger partial charge in [-0.15, -0.1) is 0 Å². The molecule has 4 N–H and O–H groups in total. The van der Waals surface area contributed by atoms with E-state index in [1.54, 1.807) is 29.2 Å². The molecule has 0 radical (unpaired) electrons. The Kier molecular flexibility index (Phi) is 15.9. The number of amides is 3. The van der Waals surface area contributed by atoms with Gasteiger partial charge in [-0.05, 0) is 191 Å². The van der Waals surface area contributed by atoms with Crippen molar-refractivity contribution < 1.29 is 39.2 Å². The number of ether oxygens (including phenoxy) is 2. The monoisotopic (exact) mass is 1180 g/mol. The van der Waals surface area contributed by atoms with Crippen molar-refractivity contribution in [3.63, 3.8) is 0 Å². The van der Waals surface area contributed by atoms with E-state index in [1.807, 2.05) is 60.7 Å². The Morgan fingerprint density at radius 2 is 1.09 bits per heavy atom. The zero-order valence-electron chi connectivity index (χ0n) is 49.2. The number of piperidine rings is 1. The second kappa shape index (κ2) is 24.8. The Bertz CT molecular complexity index is 4080. The Morgan fingerprint density at radius 1 is 0.506 bits per heavy atom. The number of phenolic OH excluding ortho intramolecular Hbond substituents is 2. The fourth-order valence-electron chi connectivity index (χ4n) is 14.3. The lowest BCUT2D eigenvalue weighted by atomic mass is 9.69. The summed E-state index contributed by atoms with van der Waals surface area (Å²) in [5.74, 6) is 1.56. The number of carbonyl (C=O) groups excluding carboxylic acids is 3. The number of nitrogens with one attached hydrogen (secondary N) is 1. The number of piperazine rings is 1. The molecule has 5 aliphatic rings. The van der Waals surface area contributed by atoms with Gasteiger partial charge in [-0.1, -0.05) is 91.0 Å². The third-order valence-corrected chi connectivity index (χ3v) is 18.8. The van der Waals surface area contributed by atoms with Gasteiger partial charge >= 0.3 is 0 Å². The van der Waals surface area contributed by atoms with Crippen LogP contribution in [0.2, 0.25) is 0 Å². The number of imide groups is 1. The number of benzene rings is 7. The fourth-order valence-corrected chi connectivity index (χ4v) is 14.3. The Labute approximate surface area is 516 Å². The number of carbonyl (C=O) groups is 3. The third kappa shape index (κ3) is 11.9. The van der Waals surface area contributed by atoms with Gasteiger partial charge in [-0.25, -0.2) is 0 Å². The van der Waals surface area contributed by atoms with Gasteiger partial charge in [0.05, 0.1) is 24.0 Å². The maximum absolute atomic E-state index is 13.8. The Balaban J connectivity index is 0.714. The number of aromatic nitrogens is 4. The van der Waals surface area contributed by atoms with Crippen LogP contribution in [-0.4, -0.2) is 88.9 Å². The summed E-state index contributed by atoms with van der Waals surface area (Å²) in [5, 5.41) is 50.6. The molecule has 2 fully saturated rings. The Hall–Kier alpha value is -9.77. The van der Waals surface area contributed by atoms with Gasteiger partial charge in [0, 0.05) is 62.2 Å². The van der Waals surface area contributed by atoms with Crippen molar-refractivity contribution in [2.45, 2.75) is 107 Å². The van der Waals surface area contributed by atoms with Gasteiger partial charge in [0.1, 0.15) is 53.6 Å². The van der Waals surface area contributed by atoms with Gasteiger partial charge in [-0.3, -0.25) is 24.6 Å². The van der Waals surface area contributed by atoms with Crippen LogP contribution in [-0.2, 0) is 55.3 Å². The maximum Gasteiger partial charge on any atom is 0.255 e. The molecule has 16 heteroatoms. The number of aliphatic hydroxyl groups is 1. The minimum atomic E-state index is -0.696. The molecule has 2 aliphatic carbocycles. The van der Waals surface area contributed by atoms with Crippen molar-refractivity contribution in [2.24, 2.45) is 0 Å². The molecule has 7 aromatic carbocycles. The molecule has 0 saturated carbocycles. The van der Waals surface area contributed by atoms with Crippen LogP contribution in [0.1, 0.15) is 144 Å². The molecule has 0 spiro atoms. The molecule has 3 amide bonds. The summed E-state index contributed by atoms with van der Waals surface area (Å²) in [6.07, 6.45) is 4.06. The van der Waals surface area contributed by atoms with E-state index in [1.165, 1.54) is 33.4 Å². The summed E-state index contributed by atoms with van der Waals surface area (Å²) in [5.41, 5.74) is 15.9. The highest BCUT2D eigenvalue weighted by Crippen LogP contribution is 2.49. The average Bonchev–Trinajstić information content (AvgIpc) is 2.11. The van der Waals surface area contributed by atoms with E-state index in [2.05, 4.69) is 122 Å². The standard InChI is InChI=1S/C73H68N8O8/c82-42-54-16-18-56(78-76-54)44-89-61-24-11-47(12-25-61)71-63(27-14-50-38-59(84)21-30-65(50)71)48-7-4-8-51(35-48)68-41-79(57-19-28-66-52(36-57)39-81(73(66)87)67-31-32-69(85)74-72(67)86)33-34-80(68)40-53-15-17-55(77-75-53)43-88-60-22-9-46(10-23-60)70-62(45-5-2-1-3-6-45)26-13-49-37-58(83)20-29-64(49)70/h1-12,15-25,28-30,35-38,62-63,67-68,70-71,82-84H,13-14,26-27,31-34,39-44H2,(H,74,85,86)/t62-,63-,67-,68?,70+,71+/m1/s1. The zero-order valence-corrected chi connectivity index (χ0v) is 49.2. The second-order valence-electron chi connectivity index (χ2n) is 24.2. The van der Waals surface area contributed by atoms with Gasteiger partial charge in [0.15, 0.2) is 0 Å². The number of aryl methyl sites for hydroxylation is 2. The molecule has 16 nitrogen and oxygen atoms in total. The summed E-state index contributed by atoms with van der Waals surface area (Å²) in [6.45, 7) is 3.20. The first kappa shape index (κ1) is 57.0. The van der Waals surface area contributed by atoms with E-state index in [9.17, 15) is 29.7 Å². The molecule has 9 aromatic rings. The van der Waals surface area contributed by atoms with Crippen molar-refractivity contribution in [3.8, 4) is 23.0 Å². The smallest absolute Gasteiger partial charge is 0.255 e. The summed E-state index contributed by atoms with van der Waals surface area (Å²) in [6, 6.07) is 60.7. The predicted molar refractivity (Wildman–Crippen MR) is 334 cm³/mol. The number of aromatic hydroxyl groups is 2. The first-order valence-electron chi connectivity index (χ1n) is 30.8. The molecule has 1 unspecified atom stereocenters. The number of hydrogen-bond acceptors (Lipinski definition) is 14. The highest BCUT2D eigenvalue weighted by atomic mass is 16.5. The lowest BCUT2D eigenvalue weighted by Gasteiger charge is -2.43. The molecular weight excluding hydrogens is 1120 g/mol. The number of fused-ring (bicyclic) bond motifs is 3. The molecular formula is C73H68N8O8. The lowest BCUT2D eigenvalue weighted by molar-refractivity contribution is -0.136. The minimum absolute atomic E-state index is 0.0187. The maximum atomic E-state index is 13.8.